The van der Waals surface area contributed by atoms with E-state index in [0.29, 0.717) is 0 Å². The Kier molecular flexibility index (Phi) is 7.61. The van der Waals surface area contributed by atoms with E-state index < -0.39 is 0 Å². The fourth-order valence-corrected chi connectivity index (χ4v) is 3.11. The van der Waals surface area contributed by atoms with Gasteiger partial charge in [-0.25, -0.2) is 0 Å². The zero-order valence-corrected chi connectivity index (χ0v) is 15.3. The maximum Gasteiger partial charge on any atom is 0.122 e. The van der Waals surface area contributed by atoms with Crippen LogP contribution in [0.5, 0.6) is 5.75 Å². The van der Waals surface area contributed by atoms with Crippen LogP contribution in [-0.2, 0) is 12.3 Å². The number of hydrogen-bond acceptors (Lipinski definition) is 3. The molecule has 1 N–H and O–H groups in total. The summed E-state index contributed by atoms with van der Waals surface area (Å²) in [7, 11) is 1.76. The van der Waals surface area contributed by atoms with E-state index >= 15 is 0 Å². The second-order valence-corrected chi connectivity index (χ2v) is 7.81. The van der Waals surface area contributed by atoms with Crippen molar-refractivity contribution in [2.24, 2.45) is 5.92 Å². The molecule has 0 saturated heterocycles. The zero-order valence-electron chi connectivity index (χ0n) is 14.5. The number of rotatable bonds is 8. The van der Waals surface area contributed by atoms with Crippen molar-refractivity contribution in [1.82, 2.24) is 5.32 Å². The molecule has 0 aromatic heterocycles. The second-order valence-electron chi connectivity index (χ2n) is 6.78. The SMILES string of the molecule is CCC(C)CSCc1cc(CNC(C)(C)C)ccc1OC. The molecule has 0 heterocycles. The van der Waals surface area contributed by atoms with Crippen LogP contribution in [0.25, 0.3) is 0 Å². The van der Waals surface area contributed by atoms with Gasteiger partial charge in [-0.3, -0.25) is 0 Å². The summed E-state index contributed by atoms with van der Waals surface area (Å²) < 4.78 is 5.50. The highest BCUT2D eigenvalue weighted by molar-refractivity contribution is 7.98. The normalized spacial score (nSPS) is 13.2. The van der Waals surface area contributed by atoms with E-state index in [2.05, 4.69) is 58.1 Å². The smallest absolute Gasteiger partial charge is 0.122 e. The fourth-order valence-electron chi connectivity index (χ4n) is 1.91. The van der Waals surface area contributed by atoms with Gasteiger partial charge in [0, 0.05) is 23.4 Å². The van der Waals surface area contributed by atoms with Gasteiger partial charge >= 0.3 is 0 Å². The maximum atomic E-state index is 5.50. The highest BCUT2D eigenvalue weighted by atomic mass is 32.2. The van der Waals surface area contributed by atoms with Crippen molar-refractivity contribution in [2.45, 2.75) is 58.9 Å². The molecule has 1 atom stereocenters. The minimum Gasteiger partial charge on any atom is -0.496 e. The second kappa shape index (κ2) is 8.70. The minimum absolute atomic E-state index is 0.144. The van der Waals surface area contributed by atoms with E-state index in [4.69, 9.17) is 4.74 Å². The van der Waals surface area contributed by atoms with Gasteiger partial charge in [0.05, 0.1) is 7.11 Å². The Bertz CT molecular complexity index is 426. The standard InChI is InChI=1S/C18H31NOS/c1-7-14(2)12-21-13-16-10-15(8-9-17(16)20-6)11-19-18(3,4)5/h8-10,14,19H,7,11-13H2,1-6H3. The van der Waals surface area contributed by atoms with Gasteiger partial charge in [0.25, 0.3) is 0 Å². The van der Waals surface area contributed by atoms with Gasteiger partial charge in [-0.2, -0.15) is 11.8 Å². The van der Waals surface area contributed by atoms with Crippen LogP contribution in [0, 0.1) is 5.92 Å². The number of thioether (sulfide) groups is 1. The molecule has 0 radical (unpaired) electrons. The summed E-state index contributed by atoms with van der Waals surface area (Å²) in [6.07, 6.45) is 1.25. The Morgan fingerprint density at radius 3 is 2.57 bits per heavy atom. The minimum atomic E-state index is 0.144. The molecular formula is C18H31NOS. The van der Waals surface area contributed by atoms with Crippen LogP contribution in [0.4, 0.5) is 0 Å². The average molecular weight is 310 g/mol. The van der Waals surface area contributed by atoms with E-state index in [1.54, 1.807) is 7.11 Å². The first-order chi connectivity index (χ1) is 9.85. The van der Waals surface area contributed by atoms with Crippen LogP contribution in [0.3, 0.4) is 0 Å². The molecule has 0 amide bonds. The van der Waals surface area contributed by atoms with Crippen LogP contribution in [0.1, 0.15) is 52.2 Å². The molecular weight excluding hydrogens is 278 g/mol. The highest BCUT2D eigenvalue weighted by Crippen LogP contribution is 2.26. The van der Waals surface area contributed by atoms with Gasteiger partial charge in [0.15, 0.2) is 0 Å². The third-order valence-electron chi connectivity index (χ3n) is 3.52. The first-order valence-electron chi connectivity index (χ1n) is 7.84. The summed E-state index contributed by atoms with van der Waals surface area (Å²) in [5, 5.41) is 3.54. The molecule has 21 heavy (non-hydrogen) atoms. The van der Waals surface area contributed by atoms with Crippen LogP contribution in [-0.4, -0.2) is 18.4 Å². The van der Waals surface area contributed by atoms with E-state index in [0.717, 1.165) is 24.0 Å². The molecule has 2 nitrogen and oxygen atoms in total. The Morgan fingerprint density at radius 1 is 1.29 bits per heavy atom. The summed E-state index contributed by atoms with van der Waals surface area (Å²) in [6.45, 7) is 12.0. The lowest BCUT2D eigenvalue weighted by Crippen LogP contribution is -2.35. The number of ether oxygens (including phenoxy) is 1. The average Bonchev–Trinajstić information content (AvgIpc) is 2.44. The molecule has 0 aliphatic rings. The summed E-state index contributed by atoms with van der Waals surface area (Å²) in [5.41, 5.74) is 2.77. The molecule has 0 bridgehead atoms. The molecule has 0 aliphatic carbocycles. The molecule has 0 saturated carbocycles. The lowest BCUT2D eigenvalue weighted by molar-refractivity contribution is 0.409. The van der Waals surface area contributed by atoms with E-state index in [1.807, 2.05) is 11.8 Å². The van der Waals surface area contributed by atoms with Gasteiger partial charge in [0.1, 0.15) is 5.75 Å². The van der Waals surface area contributed by atoms with Crippen molar-refractivity contribution in [2.75, 3.05) is 12.9 Å². The first kappa shape index (κ1) is 18.4. The Balaban J connectivity index is 2.67. The molecule has 1 rings (SSSR count). The van der Waals surface area contributed by atoms with Crippen molar-refractivity contribution < 1.29 is 4.74 Å². The van der Waals surface area contributed by atoms with E-state index in [-0.39, 0.29) is 5.54 Å². The number of nitrogens with one attached hydrogen (secondary N) is 1. The largest absolute Gasteiger partial charge is 0.496 e. The van der Waals surface area contributed by atoms with Gasteiger partial charge in [-0.1, -0.05) is 26.3 Å². The molecule has 3 heteroatoms. The van der Waals surface area contributed by atoms with E-state index in [9.17, 15) is 0 Å². The summed E-state index contributed by atoms with van der Waals surface area (Å²) in [5.74, 6) is 4.03. The van der Waals surface area contributed by atoms with Gasteiger partial charge < -0.3 is 10.1 Å². The van der Waals surface area contributed by atoms with Gasteiger partial charge in [-0.05, 0) is 50.1 Å². The lowest BCUT2D eigenvalue weighted by Gasteiger charge is -2.21. The Hall–Kier alpha value is -0.670. The lowest BCUT2D eigenvalue weighted by atomic mass is 10.1. The van der Waals surface area contributed by atoms with Gasteiger partial charge in [-0.15, -0.1) is 0 Å². The topological polar surface area (TPSA) is 21.3 Å². The number of benzene rings is 1. The predicted molar refractivity (Wildman–Crippen MR) is 95.2 cm³/mol. The maximum absolute atomic E-state index is 5.50. The van der Waals surface area contributed by atoms with E-state index in [1.165, 1.54) is 23.3 Å². The number of hydrogen-bond donors (Lipinski definition) is 1. The van der Waals surface area contributed by atoms with Crippen LogP contribution < -0.4 is 10.1 Å². The summed E-state index contributed by atoms with van der Waals surface area (Å²) >= 11 is 2.00. The fraction of sp³-hybridized carbons (Fsp3) is 0.667. The number of methoxy groups -OCH3 is 1. The molecule has 1 aromatic carbocycles. The molecule has 0 fully saturated rings. The monoisotopic (exact) mass is 309 g/mol. The van der Waals surface area contributed by atoms with Crippen molar-refractivity contribution in [1.29, 1.82) is 0 Å². The quantitative estimate of drug-likeness (QED) is 0.741. The van der Waals surface area contributed by atoms with Gasteiger partial charge in [0.2, 0.25) is 0 Å². The van der Waals surface area contributed by atoms with Crippen molar-refractivity contribution in [3.8, 4) is 5.75 Å². The molecule has 0 aliphatic heterocycles. The third kappa shape index (κ3) is 7.23. The van der Waals surface area contributed by atoms with Crippen LogP contribution in [0.15, 0.2) is 18.2 Å². The zero-order chi connectivity index (χ0) is 15.9. The first-order valence-corrected chi connectivity index (χ1v) is 8.99. The highest BCUT2D eigenvalue weighted by Gasteiger charge is 2.10. The summed E-state index contributed by atoms with van der Waals surface area (Å²) in [4.78, 5) is 0. The molecule has 1 unspecified atom stereocenters. The van der Waals surface area contributed by atoms with Crippen molar-refractivity contribution in [3.63, 3.8) is 0 Å². The third-order valence-corrected chi connectivity index (χ3v) is 4.84. The molecule has 1 aromatic rings. The van der Waals surface area contributed by atoms with Crippen LogP contribution in [0.2, 0.25) is 0 Å². The Morgan fingerprint density at radius 2 is 2.00 bits per heavy atom. The van der Waals surface area contributed by atoms with Crippen molar-refractivity contribution in [3.05, 3.63) is 29.3 Å². The van der Waals surface area contributed by atoms with Crippen molar-refractivity contribution >= 4 is 11.8 Å². The van der Waals surface area contributed by atoms with Crippen LogP contribution >= 0.6 is 11.8 Å². The summed E-state index contributed by atoms with van der Waals surface area (Å²) in [6, 6.07) is 6.53. The Labute approximate surface area is 135 Å². The molecule has 0 spiro atoms. The molecule has 120 valence electrons. The predicted octanol–water partition coefficient (Wildman–Crippen LogP) is 4.86.